The number of rotatable bonds is 9. The molecule has 4 nitrogen and oxygen atoms in total. The molecule has 3 aromatic rings. The van der Waals surface area contributed by atoms with Crippen LogP contribution in [-0.4, -0.2) is 33.4 Å². The van der Waals surface area contributed by atoms with Crippen molar-refractivity contribution in [2.24, 2.45) is 11.8 Å². The first-order chi connectivity index (χ1) is 16.1. The Morgan fingerprint density at radius 2 is 1.62 bits per heavy atom. The van der Waals surface area contributed by atoms with Gasteiger partial charge in [-0.05, 0) is 54.0 Å². The van der Waals surface area contributed by atoms with Crippen molar-refractivity contribution in [3.63, 3.8) is 0 Å². The van der Waals surface area contributed by atoms with Crippen molar-refractivity contribution in [3.05, 3.63) is 72.3 Å². The van der Waals surface area contributed by atoms with Crippen LogP contribution in [0.2, 0.25) is 0 Å². The topological polar surface area (TPSA) is 38.1 Å². The molecule has 0 bridgehead atoms. The number of carbonyl (C=O) groups is 1. The summed E-state index contributed by atoms with van der Waals surface area (Å²) in [6.07, 6.45) is 0.376. The highest BCUT2D eigenvalue weighted by Gasteiger charge is 2.33. The summed E-state index contributed by atoms with van der Waals surface area (Å²) in [6, 6.07) is 12.3. The normalized spacial score (nSPS) is 11.9. The fourth-order valence-corrected chi connectivity index (χ4v) is 3.77. The number of carbonyl (C=O) groups excluding carboxylic acids is 1. The fourth-order valence-electron chi connectivity index (χ4n) is 3.77. The maximum absolute atomic E-state index is 13.6. The highest BCUT2D eigenvalue weighted by molar-refractivity contribution is 5.93. The molecule has 0 fully saturated rings. The number of benzene rings is 2. The standard InChI is InChI=1S/C27H32F3N3O/c1-19(2)12-14-32(15-13-20(3)4)26(34)25-17-31-18-33(25)22-9-7-8-21(16-22)23-10-5-6-11-24(23)27(28,29)30/h5-11,16-20H,12-15H2,1-4H3. The van der Waals surface area contributed by atoms with E-state index in [1.165, 1.54) is 24.7 Å². The first-order valence-corrected chi connectivity index (χ1v) is 11.7. The number of alkyl halides is 3. The summed E-state index contributed by atoms with van der Waals surface area (Å²) in [4.78, 5) is 19.5. The van der Waals surface area contributed by atoms with E-state index in [2.05, 4.69) is 32.7 Å². The number of hydrogen-bond acceptors (Lipinski definition) is 2. The Kier molecular flexibility index (Phi) is 8.18. The molecule has 182 valence electrons. The van der Waals surface area contributed by atoms with Crippen molar-refractivity contribution in [1.29, 1.82) is 0 Å². The van der Waals surface area contributed by atoms with Gasteiger partial charge in [0.1, 0.15) is 5.69 Å². The van der Waals surface area contributed by atoms with Crippen molar-refractivity contribution in [3.8, 4) is 16.8 Å². The van der Waals surface area contributed by atoms with Crippen LogP contribution in [-0.2, 0) is 6.18 Å². The van der Waals surface area contributed by atoms with Gasteiger partial charge in [0.15, 0.2) is 0 Å². The predicted octanol–water partition coefficient (Wildman–Crippen LogP) is 7.09. The summed E-state index contributed by atoms with van der Waals surface area (Å²) in [5.41, 5.74) is 0.814. The molecule has 3 rings (SSSR count). The third-order valence-corrected chi connectivity index (χ3v) is 5.77. The van der Waals surface area contributed by atoms with Crippen LogP contribution in [0.5, 0.6) is 0 Å². The molecule has 0 saturated heterocycles. The molecule has 0 aliphatic carbocycles. The van der Waals surface area contributed by atoms with E-state index in [4.69, 9.17) is 0 Å². The third kappa shape index (κ3) is 6.27. The molecule has 0 saturated carbocycles. The maximum atomic E-state index is 13.6. The lowest BCUT2D eigenvalue weighted by Crippen LogP contribution is -2.35. The van der Waals surface area contributed by atoms with Crippen LogP contribution >= 0.6 is 0 Å². The summed E-state index contributed by atoms with van der Waals surface area (Å²) in [7, 11) is 0. The predicted molar refractivity (Wildman–Crippen MR) is 129 cm³/mol. The molecule has 7 heteroatoms. The van der Waals surface area contributed by atoms with Gasteiger partial charge in [0.2, 0.25) is 0 Å². The highest BCUT2D eigenvalue weighted by atomic mass is 19.4. The van der Waals surface area contributed by atoms with Gasteiger partial charge in [0.05, 0.1) is 18.1 Å². The molecule has 0 unspecified atom stereocenters. The van der Waals surface area contributed by atoms with Gasteiger partial charge >= 0.3 is 6.18 Å². The average Bonchev–Trinajstić information content (AvgIpc) is 3.28. The zero-order valence-corrected chi connectivity index (χ0v) is 20.1. The SMILES string of the molecule is CC(C)CCN(CCC(C)C)C(=O)c1cncn1-c1cccc(-c2ccccc2C(F)(F)F)c1. The monoisotopic (exact) mass is 471 g/mol. The molecule has 0 N–H and O–H groups in total. The summed E-state index contributed by atoms with van der Waals surface area (Å²) in [5, 5.41) is 0. The first kappa shape index (κ1) is 25.5. The number of imidazole rings is 1. The molecular formula is C27H32F3N3O. The van der Waals surface area contributed by atoms with E-state index < -0.39 is 11.7 Å². The van der Waals surface area contributed by atoms with Crippen LogP contribution in [0.1, 0.15) is 56.6 Å². The van der Waals surface area contributed by atoms with Crippen molar-refractivity contribution < 1.29 is 18.0 Å². The van der Waals surface area contributed by atoms with Gasteiger partial charge < -0.3 is 4.90 Å². The Bertz CT molecular complexity index is 1090. The number of hydrogen-bond donors (Lipinski definition) is 0. The molecule has 1 aromatic heterocycles. The van der Waals surface area contributed by atoms with E-state index in [1.54, 1.807) is 34.9 Å². The summed E-state index contributed by atoms with van der Waals surface area (Å²) in [5.74, 6) is 0.800. The molecule has 0 atom stereocenters. The van der Waals surface area contributed by atoms with Crippen molar-refractivity contribution in [2.45, 2.75) is 46.7 Å². The van der Waals surface area contributed by atoms with Gasteiger partial charge in [-0.15, -0.1) is 0 Å². The Balaban J connectivity index is 1.96. The smallest absolute Gasteiger partial charge is 0.337 e. The van der Waals surface area contributed by atoms with Gasteiger partial charge in [-0.25, -0.2) is 4.98 Å². The highest BCUT2D eigenvalue weighted by Crippen LogP contribution is 2.37. The Hall–Kier alpha value is -3.09. The Morgan fingerprint density at radius 1 is 0.971 bits per heavy atom. The molecule has 2 aromatic carbocycles. The van der Waals surface area contributed by atoms with Crippen LogP contribution in [0, 0.1) is 11.8 Å². The number of nitrogens with zero attached hydrogens (tertiary/aromatic N) is 3. The van der Waals surface area contributed by atoms with Gasteiger partial charge in [-0.3, -0.25) is 9.36 Å². The van der Waals surface area contributed by atoms with E-state index in [0.29, 0.717) is 41.9 Å². The Morgan fingerprint density at radius 3 is 2.24 bits per heavy atom. The number of aromatic nitrogens is 2. The van der Waals surface area contributed by atoms with Gasteiger partial charge in [-0.2, -0.15) is 13.2 Å². The average molecular weight is 472 g/mol. The van der Waals surface area contributed by atoms with Gasteiger partial charge in [-0.1, -0.05) is 58.0 Å². The van der Waals surface area contributed by atoms with E-state index in [1.807, 2.05) is 4.90 Å². The minimum atomic E-state index is -4.46. The van der Waals surface area contributed by atoms with E-state index in [0.717, 1.165) is 18.9 Å². The number of halogens is 3. The van der Waals surface area contributed by atoms with E-state index >= 15 is 0 Å². The first-order valence-electron chi connectivity index (χ1n) is 11.7. The second-order valence-electron chi connectivity index (χ2n) is 9.40. The fraction of sp³-hybridized carbons (Fsp3) is 0.407. The Labute approximate surface area is 199 Å². The van der Waals surface area contributed by atoms with Crippen molar-refractivity contribution >= 4 is 5.91 Å². The van der Waals surface area contributed by atoms with Gasteiger partial charge in [0, 0.05) is 18.8 Å². The van der Waals surface area contributed by atoms with Gasteiger partial charge in [0.25, 0.3) is 5.91 Å². The second-order valence-corrected chi connectivity index (χ2v) is 9.40. The molecule has 1 amide bonds. The van der Waals surface area contributed by atoms with Crippen LogP contribution in [0.3, 0.4) is 0 Å². The van der Waals surface area contributed by atoms with Crippen LogP contribution < -0.4 is 0 Å². The van der Waals surface area contributed by atoms with Crippen LogP contribution in [0.4, 0.5) is 13.2 Å². The van der Waals surface area contributed by atoms with E-state index in [9.17, 15) is 18.0 Å². The lowest BCUT2D eigenvalue weighted by atomic mass is 9.99. The third-order valence-electron chi connectivity index (χ3n) is 5.77. The lowest BCUT2D eigenvalue weighted by Gasteiger charge is -2.25. The minimum Gasteiger partial charge on any atom is -0.337 e. The molecule has 0 radical (unpaired) electrons. The van der Waals surface area contributed by atoms with Crippen LogP contribution in [0.15, 0.2) is 61.1 Å². The van der Waals surface area contributed by atoms with Crippen molar-refractivity contribution in [1.82, 2.24) is 14.5 Å². The summed E-state index contributed by atoms with van der Waals surface area (Å²) < 4.78 is 42.3. The molecule has 0 spiro atoms. The molecular weight excluding hydrogens is 439 g/mol. The maximum Gasteiger partial charge on any atom is 0.417 e. The molecule has 0 aliphatic heterocycles. The second kappa shape index (κ2) is 10.9. The molecule has 34 heavy (non-hydrogen) atoms. The lowest BCUT2D eigenvalue weighted by molar-refractivity contribution is -0.137. The van der Waals surface area contributed by atoms with E-state index in [-0.39, 0.29) is 11.5 Å². The molecule has 1 heterocycles. The zero-order chi connectivity index (χ0) is 24.9. The quantitative estimate of drug-likeness (QED) is 0.334. The summed E-state index contributed by atoms with van der Waals surface area (Å²) in [6.45, 7) is 9.79. The minimum absolute atomic E-state index is 0.0975. The van der Waals surface area contributed by atoms with Crippen LogP contribution in [0.25, 0.3) is 16.8 Å². The molecule has 0 aliphatic rings. The zero-order valence-electron chi connectivity index (χ0n) is 20.1. The number of amides is 1. The largest absolute Gasteiger partial charge is 0.417 e. The summed E-state index contributed by atoms with van der Waals surface area (Å²) >= 11 is 0. The van der Waals surface area contributed by atoms with Crippen molar-refractivity contribution in [2.75, 3.05) is 13.1 Å².